The van der Waals surface area contributed by atoms with Crippen molar-refractivity contribution >= 4 is 22.9 Å². The van der Waals surface area contributed by atoms with Crippen molar-refractivity contribution in [3.05, 3.63) is 29.8 Å². The average molecular weight is 365 g/mol. The quantitative estimate of drug-likeness (QED) is 0.728. The molecule has 2 amide bonds. The summed E-state index contributed by atoms with van der Waals surface area (Å²) in [5.41, 5.74) is 1.11. The first-order valence-electron chi connectivity index (χ1n) is 8.65. The fourth-order valence-electron chi connectivity index (χ4n) is 2.98. The Kier molecular flexibility index (Phi) is 7.58. The average Bonchev–Trinajstić information content (AvgIpc) is 3.03. The number of hydrogen-bond donors (Lipinski definition) is 1. The number of thioether (sulfide) groups is 1. The molecule has 0 aliphatic carbocycles. The highest BCUT2D eigenvalue weighted by atomic mass is 32.2. The number of amides is 2. The zero-order valence-electron chi connectivity index (χ0n) is 15.2. The van der Waals surface area contributed by atoms with E-state index in [9.17, 15) is 9.59 Å². The summed E-state index contributed by atoms with van der Waals surface area (Å²) >= 11 is 1.27. The first-order valence-corrected chi connectivity index (χ1v) is 9.64. The molecule has 6 nitrogen and oxygen atoms in total. The number of carbonyl (C=O) groups is 2. The number of likely N-dealkylation sites (N-methyl/N-ethyl adjacent to an activating group) is 1. The first-order chi connectivity index (χ1) is 12.1. The summed E-state index contributed by atoms with van der Waals surface area (Å²) in [7, 11) is 1.65. The Bertz CT molecular complexity index is 593. The largest absolute Gasteiger partial charge is 0.497 e. The Morgan fingerprint density at radius 2 is 2.16 bits per heavy atom. The van der Waals surface area contributed by atoms with Gasteiger partial charge in [0.1, 0.15) is 12.3 Å². The van der Waals surface area contributed by atoms with Crippen molar-refractivity contribution < 1.29 is 14.3 Å². The van der Waals surface area contributed by atoms with Gasteiger partial charge in [-0.15, -0.1) is 0 Å². The predicted molar refractivity (Wildman–Crippen MR) is 101 cm³/mol. The van der Waals surface area contributed by atoms with E-state index in [1.54, 1.807) is 12.0 Å². The molecule has 1 atom stereocenters. The van der Waals surface area contributed by atoms with E-state index < -0.39 is 0 Å². The van der Waals surface area contributed by atoms with Crippen LogP contribution in [0.1, 0.15) is 25.5 Å². The van der Waals surface area contributed by atoms with Crippen molar-refractivity contribution in [2.45, 2.75) is 19.9 Å². The normalized spacial score (nSPS) is 15.5. The highest BCUT2D eigenvalue weighted by Crippen LogP contribution is 2.24. The van der Waals surface area contributed by atoms with Crippen LogP contribution in [0.2, 0.25) is 0 Å². The fraction of sp³-hybridized carbons (Fsp3) is 0.556. The summed E-state index contributed by atoms with van der Waals surface area (Å²) in [5.74, 6) is 1.45. The molecule has 1 aliphatic heterocycles. The van der Waals surface area contributed by atoms with Gasteiger partial charge in [-0.05, 0) is 30.8 Å². The standard InChI is InChI=1S/C18H27N3O3S/c1-4-20(5-2)16(14-7-6-8-15(11-14)24-3)12-19-17(22)13-21-9-10-25-18(21)23/h6-8,11,16H,4-5,9-10,12-13H2,1-3H3,(H,19,22). The van der Waals surface area contributed by atoms with E-state index in [1.807, 2.05) is 18.2 Å². The molecule has 1 aromatic rings. The minimum Gasteiger partial charge on any atom is -0.497 e. The van der Waals surface area contributed by atoms with Crippen LogP contribution in [0.3, 0.4) is 0 Å². The van der Waals surface area contributed by atoms with Gasteiger partial charge in [-0.2, -0.15) is 0 Å². The van der Waals surface area contributed by atoms with Crippen molar-refractivity contribution in [3.63, 3.8) is 0 Å². The summed E-state index contributed by atoms with van der Waals surface area (Å²) in [5, 5.41) is 2.98. The van der Waals surface area contributed by atoms with Gasteiger partial charge in [0.25, 0.3) is 5.24 Å². The lowest BCUT2D eigenvalue weighted by Gasteiger charge is -2.30. The maximum Gasteiger partial charge on any atom is 0.282 e. The Labute approximate surface area is 153 Å². The van der Waals surface area contributed by atoms with Gasteiger partial charge in [-0.1, -0.05) is 37.7 Å². The van der Waals surface area contributed by atoms with Crippen LogP contribution in [-0.2, 0) is 4.79 Å². The number of carbonyl (C=O) groups excluding carboxylic acids is 2. The Morgan fingerprint density at radius 1 is 1.40 bits per heavy atom. The first kappa shape index (κ1) is 19.6. The zero-order chi connectivity index (χ0) is 18.2. The molecule has 1 aromatic carbocycles. The molecule has 0 spiro atoms. The fourth-order valence-corrected chi connectivity index (χ4v) is 3.80. The summed E-state index contributed by atoms with van der Waals surface area (Å²) in [4.78, 5) is 27.8. The van der Waals surface area contributed by atoms with E-state index in [2.05, 4.69) is 30.1 Å². The van der Waals surface area contributed by atoms with Gasteiger partial charge in [0.05, 0.1) is 13.2 Å². The Morgan fingerprint density at radius 3 is 2.76 bits per heavy atom. The van der Waals surface area contributed by atoms with Crippen LogP contribution in [0.15, 0.2) is 24.3 Å². The highest BCUT2D eigenvalue weighted by Gasteiger charge is 2.24. The van der Waals surface area contributed by atoms with Crippen LogP contribution in [0, 0.1) is 0 Å². The van der Waals surface area contributed by atoms with Gasteiger partial charge in [-0.3, -0.25) is 14.5 Å². The maximum atomic E-state index is 12.2. The van der Waals surface area contributed by atoms with Gasteiger partial charge in [-0.25, -0.2) is 0 Å². The third-order valence-corrected chi connectivity index (χ3v) is 5.30. The molecule has 25 heavy (non-hydrogen) atoms. The van der Waals surface area contributed by atoms with E-state index >= 15 is 0 Å². The molecule has 0 bridgehead atoms. The van der Waals surface area contributed by atoms with Gasteiger partial charge in [0.15, 0.2) is 0 Å². The number of ether oxygens (including phenoxy) is 1. The summed E-state index contributed by atoms with van der Waals surface area (Å²) < 4.78 is 5.33. The van der Waals surface area contributed by atoms with Crippen LogP contribution in [0.25, 0.3) is 0 Å². The zero-order valence-corrected chi connectivity index (χ0v) is 16.0. The molecule has 138 valence electrons. The second-order valence-electron chi connectivity index (χ2n) is 5.85. The highest BCUT2D eigenvalue weighted by molar-refractivity contribution is 8.13. The van der Waals surface area contributed by atoms with Gasteiger partial charge in [0.2, 0.25) is 5.91 Å². The monoisotopic (exact) mass is 365 g/mol. The molecule has 7 heteroatoms. The number of nitrogens with zero attached hydrogens (tertiary/aromatic N) is 2. The molecule has 1 N–H and O–H groups in total. The molecule has 0 aromatic heterocycles. The summed E-state index contributed by atoms with van der Waals surface area (Å²) in [6.45, 7) is 7.27. The Balaban J connectivity index is 2.02. The summed E-state index contributed by atoms with van der Waals surface area (Å²) in [6, 6.07) is 8.01. The van der Waals surface area contributed by atoms with Crippen LogP contribution >= 0.6 is 11.8 Å². The van der Waals surface area contributed by atoms with E-state index in [1.165, 1.54) is 11.8 Å². The van der Waals surface area contributed by atoms with Crippen molar-refractivity contribution in [2.75, 3.05) is 45.6 Å². The van der Waals surface area contributed by atoms with E-state index in [-0.39, 0.29) is 23.7 Å². The SMILES string of the molecule is CCN(CC)C(CNC(=O)CN1CCSC1=O)c1cccc(OC)c1. The van der Waals surface area contributed by atoms with Gasteiger partial charge < -0.3 is 15.0 Å². The molecular weight excluding hydrogens is 338 g/mol. The van der Waals surface area contributed by atoms with Crippen LogP contribution in [-0.4, -0.2) is 66.5 Å². The minimum atomic E-state index is -0.115. The predicted octanol–water partition coefficient (Wildman–Crippen LogP) is 2.36. The molecular formula is C18H27N3O3S. The molecule has 1 fully saturated rings. The van der Waals surface area contributed by atoms with Crippen LogP contribution in [0.4, 0.5) is 4.79 Å². The van der Waals surface area contributed by atoms with E-state index in [0.717, 1.165) is 30.2 Å². The van der Waals surface area contributed by atoms with Crippen molar-refractivity contribution in [2.24, 2.45) is 0 Å². The smallest absolute Gasteiger partial charge is 0.282 e. The molecule has 0 saturated carbocycles. The molecule has 2 rings (SSSR count). The molecule has 0 radical (unpaired) electrons. The second-order valence-corrected chi connectivity index (χ2v) is 6.90. The van der Waals surface area contributed by atoms with Gasteiger partial charge in [0, 0.05) is 18.8 Å². The molecule has 1 aliphatic rings. The Hall–Kier alpha value is -1.73. The lowest BCUT2D eigenvalue weighted by molar-refractivity contribution is -0.121. The van der Waals surface area contributed by atoms with Crippen molar-refractivity contribution in [3.8, 4) is 5.75 Å². The molecule has 1 heterocycles. The molecule has 1 saturated heterocycles. The number of nitrogens with one attached hydrogen (secondary N) is 1. The van der Waals surface area contributed by atoms with Crippen LogP contribution in [0.5, 0.6) is 5.75 Å². The summed E-state index contributed by atoms with van der Waals surface area (Å²) in [6.07, 6.45) is 0. The lowest BCUT2D eigenvalue weighted by atomic mass is 10.0. The number of hydrogen-bond acceptors (Lipinski definition) is 5. The van der Waals surface area contributed by atoms with E-state index in [4.69, 9.17) is 4.74 Å². The minimum absolute atomic E-state index is 0.0109. The number of methoxy groups -OCH3 is 1. The number of rotatable bonds is 9. The number of benzene rings is 1. The second kappa shape index (κ2) is 9.68. The third kappa shape index (κ3) is 5.37. The lowest BCUT2D eigenvalue weighted by Crippen LogP contribution is -2.42. The third-order valence-electron chi connectivity index (χ3n) is 4.40. The molecule has 1 unspecified atom stereocenters. The van der Waals surface area contributed by atoms with E-state index in [0.29, 0.717) is 13.1 Å². The topological polar surface area (TPSA) is 61.9 Å². The van der Waals surface area contributed by atoms with Crippen LogP contribution < -0.4 is 10.1 Å². The van der Waals surface area contributed by atoms with Crippen molar-refractivity contribution in [1.29, 1.82) is 0 Å². The van der Waals surface area contributed by atoms with Gasteiger partial charge >= 0.3 is 0 Å². The maximum absolute atomic E-state index is 12.2. The van der Waals surface area contributed by atoms with Crippen molar-refractivity contribution in [1.82, 2.24) is 15.1 Å².